The Balaban J connectivity index is 3.65. The average molecular weight is 329 g/mol. The van der Waals surface area contributed by atoms with Crippen LogP contribution in [0.3, 0.4) is 0 Å². The summed E-state index contributed by atoms with van der Waals surface area (Å²) in [7, 11) is 0. The highest BCUT2D eigenvalue weighted by Gasteiger charge is 2.27. The van der Waals surface area contributed by atoms with Crippen LogP contribution in [-0.2, 0) is 0 Å². The summed E-state index contributed by atoms with van der Waals surface area (Å²) in [4.78, 5) is 0. The van der Waals surface area contributed by atoms with Gasteiger partial charge < -0.3 is 22.1 Å². The van der Waals surface area contributed by atoms with E-state index in [1.165, 1.54) is 44.9 Å². The van der Waals surface area contributed by atoms with E-state index in [-0.39, 0.29) is 6.04 Å². The molecule has 23 heavy (non-hydrogen) atoms. The molecule has 0 saturated carbocycles. The van der Waals surface area contributed by atoms with Crippen molar-refractivity contribution in [3.63, 3.8) is 0 Å². The minimum Gasteiger partial charge on any atom is -0.314 e. The highest BCUT2D eigenvalue weighted by molar-refractivity contribution is 4.89. The lowest BCUT2D eigenvalue weighted by molar-refractivity contribution is 0.271. The molecular weight excluding hydrogens is 284 g/mol. The molecule has 0 aliphatic rings. The van der Waals surface area contributed by atoms with Gasteiger partial charge >= 0.3 is 0 Å². The standard InChI is InChI=1S/C19H44N4/c1-5-17(22-7-3)15-13-11-9-10-12-14-16-19(20,21)18(6-2)23-8-4/h17-18,22-23H,5-16,20-21H2,1-4H3. The molecular formula is C19H44N4. The molecule has 4 nitrogen and oxygen atoms in total. The van der Waals surface area contributed by atoms with Crippen molar-refractivity contribution in [3.05, 3.63) is 0 Å². The molecule has 0 aliphatic carbocycles. The van der Waals surface area contributed by atoms with Gasteiger partial charge in [0.1, 0.15) is 0 Å². The summed E-state index contributed by atoms with van der Waals surface area (Å²) in [6.07, 6.45) is 12.2. The Morgan fingerprint density at radius 1 is 0.739 bits per heavy atom. The zero-order chi connectivity index (χ0) is 17.6. The molecule has 0 heterocycles. The minimum atomic E-state index is -0.565. The molecule has 0 saturated heterocycles. The van der Waals surface area contributed by atoms with Gasteiger partial charge in [-0.05, 0) is 38.8 Å². The number of rotatable bonds is 16. The number of nitrogens with two attached hydrogens (primary N) is 2. The minimum absolute atomic E-state index is 0.226. The molecule has 0 aromatic heterocycles. The molecule has 2 unspecified atom stereocenters. The van der Waals surface area contributed by atoms with Crippen molar-refractivity contribution >= 4 is 0 Å². The third-order valence-corrected chi connectivity index (χ3v) is 4.91. The first-order valence-corrected chi connectivity index (χ1v) is 10.1. The van der Waals surface area contributed by atoms with Crippen LogP contribution in [0.4, 0.5) is 0 Å². The Kier molecular flexibility index (Phi) is 14.1. The Morgan fingerprint density at radius 3 is 1.83 bits per heavy atom. The molecule has 0 amide bonds. The largest absolute Gasteiger partial charge is 0.314 e. The fourth-order valence-electron chi connectivity index (χ4n) is 3.40. The van der Waals surface area contributed by atoms with Gasteiger partial charge in [-0.25, -0.2) is 0 Å². The number of hydrogen-bond acceptors (Lipinski definition) is 4. The van der Waals surface area contributed by atoms with Crippen LogP contribution >= 0.6 is 0 Å². The van der Waals surface area contributed by atoms with Crippen LogP contribution in [0, 0.1) is 0 Å². The van der Waals surface area contributed by atoms with Crippen molar-refractivity contribution in [3.8, 4) is 0 Å². The van der Waals surface area contributed by atoms with Crippen LogP contribution < -0.4 is 22.1 Å². The molecule has 4 heteroatoms. The summed E-state index contributed by atoms with van der Waals surface area (Å²) in [6, 6.07) is 0.941. The number of nitrogens with one attached hydrogen (secondary N) is 2. The second kappa shape index (κ2) is 14.2. The third kappa shape index (κ3) is 11.1. The van der Waals surface area contributed by atoms with Crippen molar-refractivity contribution in [1.29, 1.82) is 0 Å². The van der Waals surface area contributed by atoms with Gasteiger partial charge in [-0.15, -0.1) is 0 Å². The van der Waals surface area contributed by atoms with E-state index in [0.717, 1.165) is 32.4 Å². The Bertz CT molecular complexity index is 256. The second-order valence-corrected chi connectivity index (χ2v) is 6.95. The maximum absolute atomic E-state index is 6.31. The number of likely N-dealkylation sites (N-methyl/N-ethyl adjacent to an activating group) is 1. The zero-order valence-electron chi connectivity index (χ0n) is 16.3. The lowest BCUT2D eigenvalue weighted by Crippen LogP contribution is -2.63. The van der Waals surface area contributed by atoms with Gasteiger partial charge in [-0.2, -0.15) is 0 Å². The van der Waals surface area contributed by atoms with Crippen LogP contribution in [0.5, 0.6) is 0 Å². The molecule has 0 spiro atoms. The number of unbranched alkanes of at least 4 members (excludes halogenated alkanes) is 5. The van der Waals surface area contributed by atoms with Gasteiger partial charge in [0.2, 0.25) is 0 Å². The summed E-state index contributed by atoms with van der Waals surface area (Å²) in [5, 5.41) is 6.96. The average Bonchev–Trinajstić information content (AvgIpc) is 2.53. The van der Waals surface area contributed by atoms with E-state index in [1.807, 2.05) is 0 Å². The Morgan fingerprint density at radius 2 is 1.30 bits per heavy atom. The summed E-state index contributed by atoms with van der Waals surface area (Å²) in [6.45, 7) is 10.7. The Hall–Kier alpha value is -0.160. The molecule has 0 bridgehead atoms. The van der Waals surface area contributed by atoms with Crippen molar-refractivity contribution < 1.29 is 0 Å². The summed E-state index contributed by atoms with van der Waals surface area (Å²) in [5.41, 5.74) is 12.0. The monoisotopic (exact) mass is 328 g/mol. The van der Waals surface area contributed by atoms with E-state index in [0.29, 0.717) is 6.04 Å². The maximum Gasteiger partial charge on any atom is 0.0794 e. The van der Waals surface area contributed by atoms with Gasteiger partial charge in [0, 0.05) is 12.1 Å². The molecule has 0 aromatic rings. The van der Waals surface area contributed by atoms with E-state index in [4.69, 9.17) is 11.5 Å². The van der Waals surface area contributed by atoms with Crippen molar-refractivity contribution in [1.82, 2.24) is 10.6 Å². The van der Waals surface area contributed by atoms with Crippen LogP contribution in [0.25, 0.3) is 0 Å². The molecule has 0 radical (unpaired) electrons. The van der Waals surface area contributed by atoms with Gasteiger partial charge in [-0.3, -0.25) is 0 Å². The summed E-state index contributed by atoms with van der Waals surface area (Å²) >= 11 is 0. The normalized spacial score (nSPS) is 14.9. The van der Waals surface area contributed by atoms with Gasteiger partial charge in [0.25, 0.3) is 0 Å². The molecule has 0 fully saturated rings. The topological polar surface area (TPSA) is 76.1 Å². The van der Waals surface area contributed by atoms with Crippen LogP contribution in [0.1, 0.15) is 91.9 Å². The molecule has 2 atom stereocenters. The van der Waals surface area contributed by atoms with E-state index in [9.17, 15) is 0 Å². The maximum atomic E-state index is 6.31. The Labute approximate surface area is 145 Å². The third-order valence-electron chi connectivity index (χ3n) is 4.91. The highest BCUT2D eigenvalue weighted by Crippen LogP contribution is 2.16. The zero-order valence-corrected chi connectivity index (χ0v) is 16.3. The van der Waals surface area contributed by atoms with Gasteiger partial charge in [0.05, 0.1) is 5.66 Å². The van der Waals surface area contributed by atoms with E-state index in [2.05, 4.69) is 38.3 Å². The SMILES string of the molecule is CCNC(CC)CCCCCCCCC(N)(N)C(CC)NCC. The van der Waals surface area contributed by atoms with E-state index < -0.39 is 5.66 Å². The summed E-state index contributed by atoms with van der Waals surface area (Å²) < 4.78 is 0. The molecule has 140 valence electrons. The number of hydrogen-bond donors (Lipinski definition) is 4. The van der Waals surface area contributed by atoms with E-state index in [1.54, 1.807) is 0 Å². The summed E-state index contributed by atoms with van der Waals surface area (Å²) in [5.74, 6) is 0. The van der Waals surface area contributed by atoms with Crippen molar-refractivity contribution in [2.45, 2.75) is 110 Å². The molecule has 0 aromatic carbocycles. The quantitative estimate of drug-likeness (QED) is 0.258. The first-order chi connectivity index (χ1) is 11.0. The molecule has 0 aliphatic heterocycles. The molecule has 6 N–H and O–H groups in total. The van der Waals surface area contributed by atoms with Crippen LogP contribution in [-0.4, -0.2) is 30.8 Å². The smallest absolute Gasteiger partial charge is 0.0794 e. The second-order valence-electron chi connectivity index (χ2n) is 6.95. The van der Waals surface area contributed by atoms with E-state index >= 15 is 0 Å². The van der Waals surface area contributed by atoms with Crippen LogP contribution in [0.15, 0.2) is 0 Å². The molecule has 0 rings (SSSR count). The fraction of sp³-hybridized carbons (Fsp3) is 1.00. The first kappa shape index (κ1) is 22.8. The van der Waals surface area contributed by atoms with Crippen molar-refractivity contribution in [2.75, 3.05) is 13.1 Å². The van der Waals surface area contributed by atoms with Gasteiger partial charge in [0.15, 0.2) is 0 Å². The van der Waals surface area contributed by atoms with Crippen LogP contribution in [0.2, 0.25) is 0 Å². The highest BCUT2D eigenvalue weighted by atomic mass is 15.1. The predicted octanol–water partition coefficient (Wildman–Crippen LogP) is 3.50. The lowest BCUT2D eigenvalue weighted by Gasteiger charge is -2.34. The fourth-order valence-corrected chi connectivity index (χ4v) is 3.40. The predicted molar refractivity (Wildman–Crippen MR) is 104 cm³/mol. The first-order valence-electron chi connectivity index (χ1n) is 10.1. The van der Waals surface area contributed by atoms with Gasteiger partial charge in [-0.1, -0.05) is 66.2 Å². The van der Waals surface area contributed by atoms with Crippen molar-refractivity contribution in [2.24, 2.45) is 11.5 Å². The lowest BCUT2D eigenvalue weighted by atomic mass is 9.93.